The van der Waals surface area contributed by atoms with Gasteiger partial charge in [-0.25, -0.2) is 4.39 Å². The zero-order valence-corrected chi connectivity index (χ0v) is 19.2. The first-order chi connectivity index (χ1) is 15.8. The van der Waals surface area contributed by atoms with Gasteiger partial charge in [0.1, 0.15) is 5.82 Å². The van der Waals surface area contributed by atoms with Crippen molar-refractivity contribution in [2.24, 2.45) is 7.05 Å². The molecule has 5 rings (SSSR count). The number of carbonyl (C=O) groups excluding carboxylic acids is 1. The quantitative estimate of drug-likeness (QED) is 0.414. The molecule has 1 atom stereocenters. The first kappa shape index (κ1) is 21.4. The van der Waals surface area contributed by atoms with E-state index >= 15 is 0 Å². The van der Waals surface area contributed by atoms with Crippen LogP contribution in [0.5, 0.6) is 0 Å². The second-order valence-electron chi connectivity index (χ2n) is 8.35. The van der Waals surface area contributed by atoms with E-state index in [0.29, 0.717) is 13.1 Å². The van der Waals surface area contributed by atoms with E-state index in [-0.39, 0.29) is 33.9 Å². The molecule has 0 aliphatic carbocycles. The number of benzene rings is 2. The molecule has 0 N–H and O–H groups in total. The van der Waals surface area contributed by atoms with Crippen molar-refractivity contribution in [1.29, 1.82) is 0 Å². The van der Waals surface area contributed by atoms with E-state index in [1.54, 1.807) is 11.0 Å². The van der Waals surface area contributed by atoms with Gasteiger partial charge in [0, 0.05) is 48.4 Å². The van der Waals surface area contributed by atoms with Gasteiger partial charge in [-0.3, -0.25) is 9.48 Å². The van der Waals surface area contributed by atoms with Crippen LogP contribution in [0.25, 0.3) is 11.3 Å². The Morgan fingerprint density at radius 1 is 1.18 bits per heavy atom. The molecule has 2 aromatic carbocycles. The van der Waals surface area contributed by atoms with E-state index in [1.165, 1.54) is 23.8 Å². The predicted octanol–water partition coefficient (Wildman–Crippen LogP) is 5.27. The Bertz CT molecular complexity index is 1380. The molecule has 3 heterocycles. The minimum atomic E-state index is -0.535. The lowest BCUT2D eigenvalue weighted by Crippen LogP contribution is -2.39. The van der Waals surface area contributed by atoms with Crippen molar-refractivity contribution >= 4 is 17.5 Å². The smallest absolute Gasteiger partial charge is 0.276 e. The molecule has 0 spiro atoms. The van der Waals surface area contributed by atoms with Crippen LogP contribution in [-0.4, -0.2) is 32.3 Å². The zero-order chi connectivity index (χ0) is 23.3. The van der Waals surface area contributed by atoms with E-state index in [9.17, 15) is 9.18 Å². The van der Waals surface area contributed by atoms with Crippen molar-refractivity contribution in [1.82, 2.24) is 19.8 Å². The maximum absolute atomic E-state index is 14.3. The third-order valence-electron chi connectivity index (χ3n) is 6.32. The molecular formula is C25H22ClFN4O2. The summed E-state index contributed by atoms with van der Waals surface area (Å²) in [5.41, 5.74) is 5.77. The van der Waals surface area contributed by atoms with Crippen LogP contribution in [0.2, 0.25) is 5.02 Å². The second kappa shape index (κ2) is 8.15. The van der Waals surface area contributed by atoms with Crippen LogP contribution in [0, 0.1) is 19.7 Å². The first-order valence-electron chi connectivity index (χ1n) is 10.6. The largest absolute Gasteiger partial charge is 0.355 e. The Kier molecular flexibility index (Phi) is 5.29. The highest BCUT2D eigenvalue weighted by Gasteiger charge is 2.33. The molecule has 1 unspecified atom stereocenters. The Balaban J connectivity index is 1.49. The maximum atomic E-state index is 14.3. The fourth-order valence-corrected chi connectivity index (χ4v) is 4.82. The Hall–Kier alpha value is -3.45. The van der Waals surface area contributed by atoms with Gasteiger partial charge < -0.3 is 9.42 Å². The zero-order valence-electron chi connectivity index (χ0n) is 18.5. The normalized spacial score (nSPS) is 15.5. The Labute approximate surface area is 195 Å². The molecule has 1 aliphatic heterocycles. The Morgan fingerprint density at radius 3 is 2.70 bits per heavy atom. The van der Waals surface area contributed by atoms with Gasteiger partial charge in [-0.05, 0) is 43.2 Å². The van der Waals surface area contributed by atoms with Crippen LogP contribution in [0.15, 0.2) is 53.1 Å². The van der Waals surface area contributed by atoms with Gasteiger partial charge in [0.05, 0.1) is 11.3 Å². The number of halogens is 2. The highest BCUT2D eigenvalue weighted by molar-refractivity contribution is 6.30. The van der Waals surface area contributed by atoms with Crippen LogP contribution in [0.4, 0.5) is 4.39 Å². The number of rotatable bonds is 3. The highest BCUT2D eigenvalue weighted by Crippen LogP contribution is 2.37. The number of carbonyl (C=O) groups is 1. The molecule has 8 heteroatoms. The lowest BCUT2D eigenvalue weighted by molar-refractivity contribution is 0.0714. The van der Waals surface area contributed by atoms with Gasteiger partial charge in [0.2, 0.25) is 0 Å². The number of aryl methyl sites for hydroxylation is 2. The monoisotopic (exact) mass is 464 g/mol. The first-order valence-corrected chi connectivity index (χ1v) is 11.0. The minimum absolute atomic E-state index is 0.00678. The molecule has 168 valence electrons. The minimum Gasteiger partial charge on any atom is -0.355 e. The lowest BCUT2D eigenvalue weighted by Gasteiger charge is -2.34. The fraction of sp³-hybridized carbons (Fsp3) is 0.240. The standard InChI is InChI=1S/C25H22ClFN4O2/c1-14-24(15(2)30(3)28-14)20-13-31(12-16-6-4-5-7-18(16)20)25(32)22-11-23(33-29-22)19-9-8-17(26)10-21(19)27/h4-11,20H,12-13H2,1-3H3. The van der Waals surface area contributed by atoms with Gasteiger partial charge in [-0.15, -0.1) is 0 Å². The van der Waals surface area contributed by atoms with Crippen molar-refractivity contribution in [3.63, 3.8) is 0 Å². The topological polar surface area (TPSA) is 64.2 Å². The van der Waals surface area contributed by atoms with Crippen molar-refractivity contribution < 1.29 is 13.7 Å². The fourth-order valence-electron chi connectivity index (χ4n) is 4.66. The van der Waals surface area contributed by atoms with Gasteiger partial charge >= 0.3 is 0 Å². The summed E-state index contributed by atoms with van der Waals surface area (Å²) >= 11 is 5.84. The lowest BCUT2D eigenvalue weighted by atomic mass is 9.83. The molecule has 6 nitrogen and oxygen atoms in total. The number of hydrogen-bond donors (Lipinski definition) is 0. The number of aromatic nitrogens is 3. The summed E-state index contributed by atoms with van der Waals surface area (Å²) in [6.45, 7) is 4.99. The summed E-state index contributed by atoms with van der Waals surface area (Å²) in [6.07, 6.45) is 0. The average Bonchev–Trinajstić information content (AvgIpc) is 3.37. The van der Waals surface area contributed by atoms with Crippen molar-refractivity contribution in [2.45, 2.75) is 26.3 Å². The van der Waals surface area contributed by atoms with E-state index < -0.39 is 5.82 Å². The van der Waals surface area contributed by atoms with Gasteiger partial charge in [0.15, 0.2) is 11.5 Å². The van der Waals surface area contributed by atoms with Crippen molar-refractivity contribution in [2.75, 3.05) is 6.54 Å². The van der Waals surface area contributed by atoms with E-state index in [4.69, 9.17) is 16.1 Å². The molecule has 0 fully saturated rings. The summed E-state index contributed by atoms with van der Waals surface area (Å²) in [6, 6.07) is 13.9. The molecule has 0 radical (unpaired) electrons. The molecular weight excluding hydrogens is 443 g/mol. The third-order valence-corrected chi connectivity index (χ3v) is 6.56. The van der Waals surface area contributed by atoms with Crippen LogP contribution in [0.1, 0.15) is 44.5 Å². The van der Waals surface area contributed by atoms with Gasteiger partial charge in [0.25, 0.3) is 5.91 Å². The number of nitrogens with zero attached hydrogens (tertiary/aromatic N) is 4. The number of amides is 1. The molecule has 4 aromatic rings. The summed E-state index contributed by atoms with van der Waals surface area (Å²) < 4.78 is 21.5. The molecule has 0 bridgehead atoms. The molecule has 0 saturated carbocycles. The van der Waals surface area contributed by atoms with E-state index in [0.717, 1.165) is 22.5 Å². The van der Waals surface area contributed by atoms with Gasteiger partial charge in [-0.1, -0.05) is 41.0 Å². The maximum Gasteiger partial charge on any atom is 0.276 e. The van der Waals surface area contributed by atoms with Crippen LogP contribution in [0.3, 0.4) is 0 Å². The highest BCUT2D eigenvalue weighted by atomic mass is 35.5. The summed E-state index contributed by atoms with van der Waals surface area (Å²) in [5.74, 6) is -0.627. The third kappa shape index (κ3) is 3.72. The Morgan fingerprint density at radius 2 is 1.97 bits per heavy atom. The summed E-state index contributed by atoms with van der Waals surface area (Å²) in [4.78, 5) is 15.2. The molecule has 1 aliphatic rings. The van der Waals surface area contributed by atoms with Crippen LogP contribution >= 0.6 is 11.6 Å². The molecule has 0 saturated heterocycles. The second-order valence-corrected chi connectivity index (χ2v) is 8.78. The van der Waals surface area contributed by atoms with Crippen LogP contribution in [-0.2, 0) is 13.6 Å². The number of fused-ring (bicyclic) bond motifs is 1. The summed E-state index contributed by atoms with van der Waals surface area (Å²) in [5, 5.41) is 8.80. The molecule has 1 amide bonds. The predicted molar refractivity (Wildman–Crippen MR) is 123 cm³/mol. The van der Waals surface area contributed by atoms with Crippen molar-refractivity contribution in [3.8, 4) is 11.3 Å². The average molecular weight is 465 g/mol. The van der Waals surface area contributed by atoms with Crippen LogP contribution < -0.4 is 0 Å². The van der Waals surface area contributed by atoms with Gasteiger partial charge in [-0.2, -0.15) is 5.10 Å². The summed E-state index contributed by atoms with van der Waals surface area (Å²) in [7, 11) is 1.93. The molecule has 2 aromatic heterocycles. The van der Waals surface area contributed by atoms with E-state index in [2.05, 4.69) is 16.3 Å². The SMILES string of the molecule is Cc1nn(C)c(C)c1C1CN(C(=O)c2cc(-c3ccc(Cl)cc3F)on2)Cc2ccccc21. The number of hydrogen-bond acceptors (Lipinski definition) is 4. The van der Waals surface area contributed by atoms with Crippen molar-refractivity contribution in [3.05, 3.63) is 93.1 Å². The molecule has 33 heavy (non-hydrogen) atoms. The van der Waals surface area contributed by atoms with E-state index in [1.807, 2.05) is 43.8 Å².